The molecule has 0 bridgehead atoms. The van der Waals surface area contributed by atoms with Gasteiger partial charge < -0.3 is 14.4 Å². The number of ether oxygens (including phenoxy) is 2. The summed E-state index contributed by atoms with van der Waals surface area (Å²) >= 11 is 0. The van der Waals surface area contributed by atoms with Crippen LogP contribution in [0.4, 0.5) is 5.69 Å². The summed E-state index contributed by atoms with van der Waals surface area (Å²) in [5.74, 6) is 0.0873. The van der Waals surface area contributed by atoms with E-state index in [1.54, 1.807) is 6.07 Å². The molecule has 6 heteroatoms. The molecular weight excluding hydrogens is 400 g/mol. The number of rotatable bonds is 5. The van der Waals surface area contributed by atoms with Gasteiger partial charge in [0.2, 0.25) is 5.79 Å². The summed E-state index contributed by atoms with van der Waals surface area (Å²) in [4.78, 5) is 6.76. The Morgan fingerprint density at radius 3 is 2.50 bits per heavy atom. The third-order valence-corrected chi connectivity index (χ3v) is 5.47. The summed E-state index contributed by atoms with van der Waals surface area (Å²) in [5.41, 5.74) is 6.07. The summed E-state index contributed by atoms with van der Waals surface area (Å²) in [6.45, 7) is 7.35. The maximum atomic E-state index is 9.38. The minimum Gasteiger partial charge on any atom is -0.461 e. The average Bonchev–Trinajstić information content (AvgIpc) is 2.80. The number of hydrogen-bond donors (Lipinski definition) is 0. The van der Waals surface area contributed by atoms with Crippen molar-refractivity contribution in [3.63, 3.8) is 0 Å². The first-order chi connectivity index (χ1) is 15.4. The Balaban J connectivity index is 1.71. The molecule has 0 saturated heterocycles. The largest absolute Gasteiger partial charge is 0.461 e. The van der Waals surface area contributed by atoms with E-state index in [0.29, 0.717) is 30.8 Å². The molecule has 0 aliphatic carbocycles. The van der Waals surface area contributed by atoms with Crippen LogP contribution in [0.1, 0.15) is 47.4 Å². The second kappa shape index (κ2) is 8.70. The first kappa shape index (κ1) is 21.4. The van der Waals surface area contributed by atoms with Gasteiger partial charge in [-0.05, 0) is 48.4 Å². The fourth-order valence-corrected chi connectivity index (χ4v) is 3.75. The molecule has 0 amide bonds. The van der Waals surface area contributed by atoms with E-state index >= 15 is 0 Å². The van der Waals surface area contributed by atoms with Crippen molar-refractivity contribution in [2.75, 3.05) is 4.90 Å². The van der Waals surface area contributed by atoms with Crippen LogP contribution in [0.2, 0.25) is 0 Å². The van der Waals surface area contributed by atoms with Gasteiger partial charge in [0.1, 0.15) is 5.75 Å². The number of benzene rings is 2. The molecular formula is C26H24N4O2. The third-order valence-electron chi connectivity index (χ3n) is 5.47. The molecule has 3 aromatic rings. The zero-order chi connectivity index (χ0) is 22.7. The number of aromatic nitrogens is 1. The Morgan fingerprint density at radius 1 is 1.03 bits per heavy atom. The maximum absolute atomic E-state index is 9.38. The number of anilines is 1. The number of pyridine rings is 1. The molecule has 0 saturated carbocycles. The molecule has 2 heterocycles. The van der Waals surface area contributed by atoms with E-state index in [0.717, 1.165) is 33.8 Å². The van der Waals surface area contributed by atoms with Gasteiger partial charge in [-0.15, -0.1) is 0 Å². The molecule has 6 nitrogen and oxygen atoms in total. The van der Waals surface area contributed by atoms with Crippen LogP contribution in [0, 0.1) is 29.6 Å². The Labute approximate surface area is 188 Å². The van der Waals surface area contributed by atoms with E-state index in [9.17, 15) is 5.26 Å². The first-order valence-electron chi connectivity index (χ1n) is 10.4. The molecule has 1 aromatic heterocycles. The summed E-state index contributed by atoms with van der Waals surface area (Å²) in [5, 5.41) is 18.5. The zero-order valence-corrected chi connectivity index (χ0v) is 18.4. The lowest BCUT2D eigenvalue weighted by atomic mass is 10.0. The quantitative estimate of drug-likeness (QED) is 0.574. The smallest absolute Gasteiger partial charge is 0.205 e. The third kappa shape index (κ3) is 4.56. The molecule has 160 valence electrons. The predicted molar refractivity (Wildman–Crippen MR) is 121 cm³/mol. The second-order valence-corrected chi connectivity index (χ2v) is 8.29. The van der Waals surface area contributed by atoms with Crippen LogP contribution in [0.5, 0.6) is 5.75 Å². The van der Waals surface area contributed by atoms with E-state index in [2.05, 4.69) is 22.0 Å². The van der Waals surface area contributed by atoms with Gasteiger partial charge in [0.05, 0.1) is 35.6 Å². The lowest BCUT2D eigenvalue weighted by Crippen LogP contribution is -2.36. The molecule has 2 aromatic carbocycles. The van der Waals surface area contributed by atoms with Crippen molar-refractivity contribution < 1.29 is 9.47 Å². The van der Waals surface area contributed by atoms with Crippen LogP contribution < -0.4 is 9.64 Å². The Bertz CT molecular complexity index is 1220. The fourth-order valence-electron chi connectivity index (χ4n) is 3.75. The fraction of sp³-hybridized carbons (Fsp3) is 0.269. The van der Waals surface area contributed by atoms with Crippen LogP contribution in [0.15, 0.2) is 54.7 Å². The molecule has 0 unspecified atom stereocenters. The molecule has 1 aliphatic heterocycles. The van der Waals surface area contributed by atoms with Gasteiger partial charge in [-0.3, -0.25) is 4.98 Å². The van der Waals surface area contributed by atoms with E-state index in [1.807, 2.05) is 69.4 Å². The highest BCUT2D eigenvalue weighted by Crippen LogP contribution is 2.36. The molecule has 32 heavy (non-hydrogen) atoms. The van der Waals surface area contributed by atoms with E-state index in [1.165, 1.54) is 0 Å². The van der Waals surface area contributed by atoms with E-state index in [-0.39, 0.29) is 0 Å². The monoisotopic (exact) mass is 424 g/mol. The molecule has 0 spiro atoms. The minimum atomic E-state index is -0.693. The zero-order valence-electron chi connectivity index (χ0n) is 18.4. The highest BCUT2D eigenvalue weighted by Gasteiger charge is 2.31. The van der Waals surface area contributed by atoms with Gasteiger partial charge in [0.25, 0.3) is 0 Å². The van der Waals surface area contributed by atoms with Crippen LogP contribution in [-0.2, 0) is 24.4 Å². The predicted octanol–water partition coefficient (Wildman–Crippen LogP) is 4.99. The van der Waals surface area contributed by atoms with Crippen molar-refractivity contribution >= 4 is 5.69 Å². The van der Waals surface area contributed by atoms with Gasteiger partial charge in [-0.25, -0.2) is 0 Å². The minimum absolute atomic E-state index is 0.448. The second-order valence-electron chi connectivity index (χ2n) is 8.29. The van der Waals surface area contributed by atoms with Gasteiger partial charge in [0, 0.05) is 44.4 Å². The van der Waals surface area contributed by atoms with Gasteiger partial charge in [-0.2, -0.15) is 10.5 Å². The van der Waals surface area contributed by atoms with Crippen LogP contribution in [0.3, 0.4) is 0 Å². The van der Waals surface area contributed by atoms with Crippen LogP contribution in [0.25, 0.3) is 0 Å². The summed E-state index contributed by atoms with van der Waals surface area (Å²) < 4.78 is 12.0. The van der Waals surface area contributed by atoms with Crippen molar-refractivity contribution in [3.05, 3.63) is 88.2 Å². The first-order valence-corrected chi connectivity index (χ1v) is 10.4. The Hall–Kier alpha value is -3.87. The SMILES string of the molecule is Cc1ncc(CN(Cc2ccc(C#N)cc2)c2cccc(C#N)c2)c2c1OC(C)(C)OC2. The molecule has 0 N–H and O–H groups in total. The molecule has 4 rings (SSSR count). The van der Waals surface area contributed by atoms with Crippen molar-refractivity contribution in [1.82, 2.24) is 4.98 Å². The Kier molecular flexibility index (Phi) is 5.81. The average molecular weight is 425 g/mol. The number of nitriles is 2. The van der Waals surface area contributed by atoms with Gasteiger partial charge in [-0.1, -0.05) is 18.2 Å². The summed E-state index contributed by atoms with van der Waals surface area (Å²) in [7, 11) is 0. The normalized spacial score (nSPS) is 13.9. The highest BCUT2D eigenvalue weighted by atomic mass is 16.7. The lowest BCUT2D eigenvalue weighted by Gasteiger charge is -2.35. The molecule has 1 aliphatic rings. The molecule has 0 atom stereocenters. The van der Waals surface area contributed by atoms with Crippen molar-refractivity contribution in [2.24, 2.45) is 0 Å². The Morgan fingerprint density at radius 2 is 1.78 bits per heavy atom. The maximum Gasteiger partial charge on any atom is 0.205 e. The standard InChI is InChI=1S/C26H24N4O2/c1-18-25-24(17-31-26(2,3)32-25)22(14-29-18)16-30(23-6-4-5-21(11-23)13-28)15-20-9-7-19(12-27)8-10-20/h4-11,14H,15-17H2,1-3H3. The van der Waals surface area contributed by atoms with Crippen LogP contribution >= 0.6 is 0 Å². The van der Waals surface area contributed by atoms with Crippen LogP contribution in [-0.4, -0.2) is 10.8 Å². The van der Waals surface area contributed by atoms with Gasteiger partial charge >= 0.3 is 0 Å². The van der Waals surface area contributed by atoms with E-state index < -0.39 is 5.79 Å². The highest BCUT2D eigenvalue weighted by molar-refractivity contribution is 5.54. The van der Waals surface area contributed by atoms with Crippen molar-refractivity contribution in [2.45, 2.75) is 46.3 Å². The molecule has 0 fully saturated rings. The number of aryl methyl sites for hydroxylation is 1. The topological polar surface area (TPSA) is 82.2 Å². The van der Waals surface area contributed by atoms with Gasteiger partial charge in [0.15, 0.2) is 0 Å². The number of fused-ring (bicyclic) bond motifs is 1. The summed E-state index contributed by atoms with van der Waals surface area (Å²) in [6.07, 6.45) is 1.87. The van der Waals surface area contributed by atoms with Crippen molar-refractivity contribution in [3.8, 4) is 17.9 Å². The molecule has 0 radical (unpaired) electrons. The van der Waals surface area contributed by atoms with Crippen molar-refractivity contribution in [1.29, 1.82) is 10.5 Å². The lowest BCUT2D eigenvalue weighted by molar-refractivity contribution is -0.180. The number of hydrogen-bond acceptors (Lipinski definition) is 6. The number of nitrogens with zero attached hydrogens (tertiary/aromatic N) is 4. The summed E-state index contributed by atoms with van der Waals surface area (Å²) in [6, 6.07) is 19.5. The van der Waals surface area contributed by atoms with E-state index in [4.69, 9.17) is 14.7 Å².